The second kappa shape index (κ2) is 8.94. The molecule has 1 atom stereocenters. The summed E-state index contributed by atoms with van der Waals surface area (Å²) in [5, 5.41) is 2.82. The zero-order valence-electron chi connectivity index (χ0n) is 15.2. The number of amides is 1. The first-order chi connectivity index (χ1) is 12.4. The molecule has 0 spiro atoms. The van der Waals surface area contributed by atoms with Crippen LogP contribution < -0.4 is 5.32 Å². The Hall–Kier alpha value is -2.95. The summed E-state index contributed by atoms with van der Waals surface area (Å²) in [6.07, 6.45) is -0.964. The molecule has 0 aliphatic carbocycles. The predicted octanol–water partition coefficient (Wildman–Crippen LogP) is 3.84. The van der Waals surface area contributed by atoms with Crippen LogP contribution in [0.1, 0.15) is 41.3 Å². The molecule has 0 saturated heterocycles. The molecule has 0 bridgehead atoms. The second-order valence-electron chi connectivity index (χ2n) is 6.18. The van der Waals surface area contributed by atoms with Crippen molar-refractivity contribution in [2.45, 2.75) is 39.7 Å². The van der Waals surface area contributed by atoms with E-state index in [0.717, 1.165) is 16.8 Å². The fourth-order valence-corrected chi connectivity index (χ4v) is 2.58. The van der Waals surface area contributed by atoms with Gasteiger partial charge in [-0.3, -0.25) is 14.4 Å². The number of carbonyl (C=O) groups is 3. The van der Waals surface area contributed by atoms with Gasteiger partial charge in [0.1, 0.15) is 0 Å². The van der Waals surface area contributed by atoms with E-state index in [1.807, 2.05) is 38.1 Å². The number of hydrogen-bond donors (Lipinski definition) is 1. The van der Waals surface area contributed by atoms with Crippen molar-refractivity contribution in [2.75, 3.05) is 5.32 Å². The lowest BCUT2D eigenvalue weighted by Crippen LogP contribution is -2.25. The number of esters is 1. The smallest absolute Gasteiger partial charge is 0.307 e. The molecule has 5 heteroatoms. The summed E-state index contributed by atoms with van der Waals surface area (Å²) in [4.78, 5) is 36.2. The number of hydrogen-bond acceptors (Lipinski definition) is 4. The summed E-state index contributed by atoms with van der Waals surface area (Å²) in [6.45, 7) is 5.35. The van der Waals surface area contributed by atoms with Crippen LogP contribution in [-0.2, 0) is 14.3 Å². The third-order valence-corrected chi connectivity index (χ3v) is 4.04. The number of ketones is 1. The van der Waals surface area contributed by atoms with Crippen LogP contribution in [0.3, 0.4) is 0 Å². The van der Waals surface area contributed by atoms with Crippen LogP contribution in [0.4, 0.5) is 5.69 Å². The Bertz CT molecular complexity index is 779. The number of anilines is 1. The minimum atomic E-state index is -0.883. The molecule has 2 aromatic carbocycles. The lowest BCUT2D eigenvalue weighted by molar-refractivity contribution is -0.147. The summed E-state index contributed by atoms with van der Waals surface area (Å²) in [5.74, 6) is -1.10. The predicted molar refractivity (Wildman–Crippen MR) is 100 cm³/mol. The van der Waals surface area contributed by atoms with Gasteiger partial charge < -0.3 is 10.1 Å². The first-order valence-electron chi connectivity index (χ1n) is 8.53. The van der Waals surface area contributed by atoms with Gasteiger partial charge in [0.2, 0.25) is 11.7 Å². The molecule has 0 aliphatic rings. The van der Waals surface area contributed by atoms with Gasteiger partial charge in [-0.25, -0.2) is 0 Å². The van der Waals surface area contributed by atoms with Gasteiger partial charge in [0.15, 0.2) is 6.10 Å². The minimum Gasteiger partial charge on any atom is -0.454 e. The summed E-state index contributed by atoms with van der Waals surface area (Å²) < 4.78 is 5.15. The van der Waals surface area contributed by atoms with Crippen LogP contribution in [0.5, 0.6) is 0 Å². The Balaban J connectivity index is 1.83. The highest BCUT2D eigenvalue weighted by molar-refractivity contribution is 6.00. The van der Waals surface area contributed by atoms with Crippen LogP contribution in [0.25, 0.3) is 0 Å². The van der Waals surface area contributed by atoms with Crippen LogP contribution >= 0.6 is 0 Å². The third kappa shape index (κ3) is 5.28. The summed E-state index contributed by atoms with van der Waals surface area (Å²) in [6, 6.07) is 14.4. The number of rotatable bonds is 7. The average molecular weight is 353 g/mol. The highest BCUT2D eigenvalue weighted by Gasteiger charge is 2.20. The van der Waals surface area contributed by atoms with Gasteiger partial charge >= 0.3 is 5.97 Å². The first kappa shape index (κ1) is 19.4. The molecule has 0 aliphatic heterocycles. The van der Waals surface area contributed by atoms with E-state index in [1.165, 1.54) is 6.92 Å². The standard InChI is InChI=1S/C21H23NO4/c1-14-8-7-9-15(2)20(14)22-18(23)12-13-19(24)26-16(3)21(25)17-10-5-4-6-11-17/h4-11,16H,12-13H2,1-3H3,(H,22,23)/t16-/m0/s1. The van der Waals surface area contributed by atoms with Crippen molar-refractivity contribution < 1.29 is 19.1 Å². The number of nitrogens with one attached hydrogen (secondary N) is 1. The van der Waals surface area contributed by atoms with E-state index in [-0.39, 0.29) is 24.5 Å². The number of Topliss-reactive ketones (excluding diaryl/α,β-unsaturated/α-hetero) is 1. The Morgan fingerprint density at radius 3 is 2.15 bits per heavy atom. The van der Waals surface area contributed by atoms with Gasteiger partial charge in [0.05, 0.1) is 6.42 Å². The van der Waals surface area contributed by atoms with Gasteiger partial charge in [-0.2, -0.15) is 0 Å². The highest BCUT2D eigenvalue weighted by atomic mass is 16.5. The zero-order chi connectivity index (χ0) is 19.1. The largest absolute Gasteiger partial charge is 0.454 e. The van der Waals surface area contributed by atoms with Gasteiger partial charge in [-0.1, -0.05) is 48.5 Å². The normalized spacial score (nSPS) is 11.5. The molecule has 2 aromatic rings. The molecule has 0 aromatic heterocycles. The molecule has 136 valence electrons. The Kier molecular flexibility index (Phi) is 6.67. The summed E-state index contributed by atoms with van der Waals surface area (Å²) in [7, 11) is 0. The Labute approximate surface area is 153 Å². The summed E-state index contributed by atoms with van der Waals surface area (Å²) >= 11 is 0. The minimum absolute atomic E-state index is 0.00114. The van der Waals surface area contributed by atoms with Crippen LogP contribution in [0.15, 0.2) is 48.5 Å². The third-order valence-electron chi connectivity index (χ3n) is 4.04. The van der Waals surface area contributed by atoms with Crippen molar-refractivity contribution in [2.24, 2.45) is 0 Å². The van der Waals surface area contributed by atoms with E-state index in [9.17, 15) is 14.4 Å². The number of aryl methyl sites for hydroxylation is 2. The monoisotopic (exact) mass is 353 g/mol. The van der Waals surface area contributed by atoms with Crippen molar-refractivity contribution in [3.63, 3.8) is 0 Å². The first-order valence-corrected chi connectivity index (χ1v) is 8.53. The van der Waals surface area contributed by atoms with Gasteiger partial charge in [0.25, 0.3) is 0 Å². The van der Waals surface area contributed by atoms with E-state index in [0.29, 0.717) is 5.56 Å². The maximum absolute atomic E-state index is 12.2. The van der Waals surface area contributed by atoms with E-state index in [4.69, 9.17) is 4.74 Å². The molecule has 26 heavy (non-hydrogen) atoms. The van der Waals surface area contributed by atoms with Crippen molar-refractivity contribution in [3.8, 4) is 0 Å². The average Bonchev–Trinajstić information content (AvgIpc) is 2.63. The van der Waals surface area contributed by atoms with Crippen LogP contribution in [-0.4, -0.2) is 23.8 Å². The molecule has 0 heterocycles. The summed E-state index contributed by atoms with van der Waals surface area (Å²) in [5.41, 5.74) is 3.17. The van der Waals surface area contributed by atoms with E-state index in [1.54, 1.807) is 24.3 Å². The van der Waals surface area contributed by atoms with Gasteiger partial charge in [-0.05, 0) is 31.9 Å². The molecule has 5 nitrogen and oxygen atoms in total. The highest BCUT2D eigenvalue weighted by Crippen LogP contribution is 2.19. The molecular formula is C21H23NO4. The molecule has 0 fully saturated rings. The van der Waals surface area contributed by atoms with Crippen molar-refractivity contribution in [1.29, 1.82) is 0 Å². The molecule has 0 unspecified atom stereocenters. The van der Waals surface area contributed by atoms with E-state index >= 15 is 0 Å². The lowest BCUT2D eigenvalue weighted by Gasteiger charge is -2.13. The fraction of sp³-hybridized carbons (Fsp3) is 0.286. The number of benzene rings is 2. The van der Waals surface area contributed by atoms with Crippen molar-refractivity contribution >= 4 is 23.3 Å². The number of carbonyl (C=O) groups excluding carboxylic acids is 3. The second-order valence-corrected chi connectivity index (χ2v) is 6.18. The van der Waals surface area contributed by atoms with E-state index < -0.39 is 12.1 Å². The van der Waals surface area contributed by atoms with Crippen LogP contribution in [0, 0.1) is 13.8 Å². The Morgan fingerprint density at radius 2 is 1.54 bits per heavy atom. The molecule has 1 N–H and O–H groups in total. The molecular weight excluding hydrogens is 330 g/mol. The molecule has 0 saturated carbocycles. The van der Waals surface area contributed by atoms with Crippen molar-refractivity contribution in [3.05, 3.63) is 65.2 Å². The molecule has 1 amide bonds. The SMILES string of the molecule is Cc1cccc(C)c1NC(=O)CCC(=O)O[C@@H](C)C(=O)c1ccccc1. The van der Waals surface area contributed by atoms with Crippen LogP contribution in [0.2, 0.25) is 0 Å². The molecule has 2 rings (SSSR count). The molecule has 0 radical (unpaired) electrons. The van der Waals surface area contributed by atoms with Gasteiger partial charge in [-0.15, -0.1) is 0 Å². The zero-order valence-corrected chi connectivity index (χ0v) is 15.2. The van der Waals surface area contributed by atoms with Crippen molar-refractivity contribution in [1.82, 2.24) is 0 Å². The quantitative estimate of drug-likeness (QED) is 0.606. The fourth-order valence-electron chi connectivity index (χ4n) is 2.58. The van der Waals surface area contributed by atoms with Gasteiger partial charge in [0, 0.05) is 17.7 Å². The van der Waals surface area contributed by atoms with E-state index in [2.05, 4.69) is 5.32 Å². The number of para-hydroxylation sites is 1. The maximum Gasteiger partial charge on any atom is 0.307 e. The Morgan fingerprint density at radius 1 is 0.923 bits per heavy atom. The number of ether oxygens (including phenoxy) is 1. The lowest BCUT2D eigenvalue weighted by atomic mass is 10.1. The topological polar surface area (TPSA) is 72.5 Å². The maximum atomic E-state index is 12.2.